The lowest BCUT2D eigenvalue weighted by atomic mass is 10.2. The molecule has 0 atom stereocenters. The summed E-state index contributed by atoms with van der Waals surface area (Å²) in [5.74, 6) is 1.53. The van der Waals surface area contributed by atoms with Gasteiger partial charge in [-0.2, -0.15) is 0 Å². The van der Waals surface area contributed by atoms with Crippen LogP contribution in [0.2, 0.25) is 0 Å². The molecule has 1 N–H and O–H groups in total. The normalized spacial score (nSPS) is 15.2. The molecule has 2 amide bonds. The summed E-state index contributed by atoms with van der Waals surface area (Å²) in [6.07, 6.45) is 2.71. The zero-order chi connectivity index (χ0) is 20.2. The van der Waals surface area contributed by atoms with Crippen molar-refractivity contribution >= 4 is 23.5 Å². The van der Waals surface area contributed by atoms with E-state index in [9.17, 15) is 9.59 Å². The molecule has 1 aromatic heterocycles. The molecular weight excluding hydrogens is 378 g/mol. The maximum atomic E-state index is 12.4. The fourth-order valence-electron chi connectivity index (χ4n) is 3.10. The molecule has 0 unspecified atom stereocenters. The highest BCUT2D eigenvalue weighted by molar-refractivity contribution is 6.02. The number of piperazine rings is 1. The van der Waals surface area contributed by atoms with Crippen LogP contribution in [0.3, 0.4) is 0 Å². The number of benzene rings is 1. The maximum absolute atomic E-state index is 12.4. The minimum absolute atomic E-state index is 0.174. The SMILES string of the molecule is CCOC(=O)N1CCN(c2cnc(C(=O)Nc3ccc4c(c3)OCO4)cn2)CC1. The molecule has 1 saturated heterocycles. The molecule has 152 valence electrons. The van der Waals surface area contributed by atoms with Crippen molar-refractivity contribution in [3.63, 3.8) is 0 Å². The minimum atomic E-state index is -0.366. The average molecular weight is 399 g/mol. The number of nitrogens with zero attached hydrogens (tertiary/aromatic N) is 4. The van der Waals surface area contributed by atoms with Gasteiger partial charge in [0, 0.05) is 37.9 Å². The lowest BCUT2D eigenvalue weighted by Crippen LogP contribution is -2.49. The van der Waals surface area contributed by atoms with Crippen LogP contribution in [0.4, 0.5) is 16.3 Å². The van der Waals surface area contributed by atoms with E-state index in [-0.39, 0.29) is 24.5 Å². The quantitative estimate of drug-likeness (QED) is 0.829. The third kappa shape index (κ3) is 4.15. The van der Waals surface area contributed by atoms with Gasteiger partial charge in [-0.1, -0.05) is 0 Å². The van der Waals surface area contributed by atoms with E-state index in [1.54, 1.807) is 36.2 Å². The first kappa shape index (κ1) is 18.8. The molecule has 2 aliphatic heterocycles. The van der Waals surface area contributed by atoms with Crippen molar-refractivity contribution in [3.8, 4) is 11.5 Å². The fraction of sp³-hybridized carbons (Fsp3) is 0.368. The van der Waals surface area contributed by atoms with Gasteiger partial charge in [0.15, 0.2) is 11.5 Å². The highest BCUT2D eigenvalue weighted by Gasteiger charge is 2.23. The number of hydrogen-bond acceptors (Lipinski definition) is 8. The van der Waals surface area contributed by atoms with Gasteiger partial charge in [0.1, 0.15) is 11.5 Å². The first-order chi connectivity index (χ1) is 14.1. The van der Waals surface area contributed by atoms with Crippen molar-refractivity contribution in [3.05, 3.63) is 36.3 Å². The second kappa shape index (κ2) is 8.21. The Morgan fingerprint density at radius 1 is 1.10 bits per heavy atom. The Bertz CT molecular complexity index is 896. The van der Waals surface area contributed by atoms with Crippen LogP contribution in [0.25, 0.3) is 0 Å². The van der Waals surface area contributed by atoms with E-state index in [1.165, 1.54) is 6.20 Å². The van der Waals surface area contributed by atoms with Crippen LogP contribution in [-0.2, 0) is 4.74 Å². The number of carbonyl (C=O) groups excluding carboxylic acids is 2. The largest absolute Gasteiger partial charge is 0.454 e. The molecule has 10 nitrogen and oxygen atoms in total. The second-order valence-corrected chi connectivity index (χ2v) is 6.46. The van der Waals surface area contributed by atoms with Crippen LogP contribution < -0.4 is 19.7 Å². The summed E-state index contributed by atoms with van der Waals surface area (Å²) in [6, 6.07) is 5.17. The molecule has 0 saturated carbocycles. The van der Waals surface area contributed by atoms with Gasteiger partial charge >= 0.3 is 6.09 Å². The third-order valence-corrected chi connectivity index (χ3v) is 4.63. The zero-order valence-electron chi connectivity index (χ0n) is 16.0. The van der Waals surface area contributed by atoms with Crippen molar-refractivity contribution in [2.75, 3.05) is 49.8 Å². The van der Waals surface area contributed by atoms with E-state index in [4.69, 9.17) is 14.2 Å². The summed E-state index contributed by atoms with van der Waals surface area (Å²) >= 11 is 0. The van der Waals surface area contributed by atoms with E-state index in [0.29, 0.717) is 55.8 Å². The molecule has 0 radical (unpaired) electrons. The highest BCUT2D eigenvalue weighted by atomic mass is 16.7. The lowest BCUT2D eigenvalue weighted by molar-refractivity contribution is 0.101. The van der Waals surface area contributed by atoms with Gasteiger partial charge < -0.3 is 29.3 Å². The monoisotopic (exact) mass is 399 g/mol. The average Bonchev–Trinajstić information content (AvgIpc) is 3.22. The van der Waals surface area contributed by atoms with Crippen molar-refractivity contribution in [1.29, 1.82) is 0 Å². The number of amides is 2. The van der Waals surface area contributed by atoms with Crippen molar-refractivity contribution in [2.24, 2.45) is 0 Å². The molecule has 2 aliphatic rings. The number of rotatable bonds is 4. The molecule has 1 aromatic carbocycles. The predicted octanol–water partition coefficient (Wildman–Crippen LogP) is 1.74. The summed E-state index contributed by atoms with van der Waals surface area (Å²) in [5, 5.41) is 2.77. The Labute approximate surface area is 167 Å². The fourth-order valence-corrected chi connectivity index (χ4v) is 3.10. The van der Waals surface area contributed by atoms with E-state index >= 15 is 0 Å². The zero-order valence-corrected chi connectivity index (χ0v) is 16.0. The number of fused-ring (bicyclic) bond motifs is 1. The molecule has 4 rings (SSSR count). The van der Waals surface area contributed by atoms with Gasteiger partial charge in [-0.3, -0.25) is 4.79 Å². The van der Waals surface area contributed by atoms with Gasteiger partial charge in [-0.25, -0.2) is 14.8 Å². The minimum Gasteiger partial charge on any atom is -0.454 e. The summed E-state index contributed by atoms with van der Waals surface area (Å²) in [4.78, 5) is 36.5. The Morgan fingerprint density at radius 3 is 2.62 bits per heavy atom. The summed E-state index contributed by atoms with van der Waals surface area (Å²) in [5.41, 5.74) is 0.789. The van der Waals surface area contributed by atoms with Crippen molar-refractivity contribution in [2.45, 2.75) is 6.92 Å². The molecule has 2 aromatic rings. The van der Waals surface area contributed by atoms with E-state index in [1.807, 2.05) is 4.90 Å². The highest BCUT2D eigenvalue weighted by Crippen LogP contribution is 2.34. The molecular formula is C19H21N5O5. The first-order valence-electron chi connectivity index (χ1n) is 9.33. The van der Waals surface area contributed by atoms with Gasteiger partial charge in [0.05, 0.1) is 19.0 Å². The molecule has 3 heterocycles. The van der Waals surface area contributed by atoms with Crippen LogP contribution in [0.1, 0.15) is 17.4 Å². The number of hydrogen-bond donors (Lipinski definition) is 1. The number of ether oxygens (including phenoxy) is 3. The Morgan fingerprint density at radius 2 is 1.90 bits per heavy atom. The standard InChI is InChI=1S/C19H21N5O5/c1-2-27-19(26)24-7-5-23(6-8-24)17-11-20-14(10-21-17)18(25)22-13-3-4-15-16(9-13)29-12-28-15/h3-4,9-11H,2,5-8,12H2,1H3,(H,22,25). The lowest BCUT2D eigenvalue weighted by Gasteiger charge is -2.34. The van der Waals surface area contributed by atoms with Gasteiger partial charge in [-0.15, -0.1) is 0 Å². The van der Waals surface area contributed by atoms with Crippen LogP contribution in [0.15, 0.2) is 30.6 Å². The Balaban J connectivity index is 1.34. The molecule has 0 aliphatic carbocycles. The van der Waals surface area contributed by atoms with Crippen LogP contribution in [-0.4, -0.2) is 66.4 Å². The number of carbonyl (C=O) groups is 2. The third-order valence-electron chi connectivity index (χ3n) is 4.63. The molecule has 29 heavy (non-hydrogen) atoms. The van der Waals surface area contributed by atoms with Crippen LogP contribution in [0, 0.1) is 0 Å². The summed E-state index contributed by atoms with van der Waals surface area (Å²) in [7, 11) is 0. The first-order valence-corrected chi connectivity index (χ1v) is 9.33. The summed E-state index contributed by atoms with van der Waals surface area (Å²) < 4.78 is 15.6. The van der Waals surface area contributed by atoms with Gasteiger partial charge in [0.25, 0.3) is 5.91 Å². The Kier molecular flexibility index (Phi) is 5.32. The van der Waals surface area contributed by atoms with E-state index < -0.39 is 0 Å². The van der Waals surface area contributed by atoms with E-state index in [0.717, 1.165) is 0 Å². The van der Waals surface area contributed by atoms with E-state index in [2.05, 4.69) is 15.3 Å². The van der Waals surface area contributed by atoms with Gasteiger partial charge in [-0.05, 0) is 19.1 Å². The topological polar surface area (TPSA) is 106 Å². The number of aromatic nitrogens is 2. The molecule has 0 bridgehead atoms. The Hall–Kier alpha value is -3.56. The summed E-state index contributed by atoms with van der Waals surface area (Å²) in [6.45, 7) is 4.66. The molecule has 0 spiro atoms. The maximum Gasteiger partial charge on any atom is 0.409 e. The molecule has 10 heteroatoms. The number of nitrogens with one attached hydrogen (secondary N) is 1. The number of anilines is 2. The smallest absolute Gasteiger partial charge is 0.409 e. The van der Waals surface area contributed by atoms with Crippen molar-refractivity contribution in [1.82, 2.24) is 14.9 Å². The second-order valence-electron chi connectivity index (χ2n) is 6.46. The van der Waals surface area contributed by atoms with Crippen LogP contribution in [0.5, 0.6) is 11.5 Å². The van der Waals surface area contributed by atoms with Crippen molar-refractivity contribution < 1.29 is 23.8 Å². The molecule has 1 fully saturated rings. The van der Waals surface area contributed by atoms with Crippen LogP contribution >= 0.6 is 0 Å². The predicted molar refractivity (Wildman–Crippen MR) is 103 cm³/mol. The van der Waals surface area contributed by atoms with Gasteiger partial charge in [0.2, 0.25) is 6.79 Å².